The van der Waals surface area contributed by atoms with E-state index in [1.165, 1.54) is 11.1 Å². The van der Waals surface area contributed by atoms with Gasteiger partial charge in [-0.2, -0.15) is 0 Å². The highest BCUT2D eigenvalue weighted by atomic mass is 14.7. The van der Waals surface area contributed by atoms with Gasteiger partial charge in [-0.1, -0.05) is 24.8 Å². The van der Waals surface area contributed by atoms with Gasteiger partial charge in [0.25, 0.3) is 0 Å². The van der Waals surface area contributed by atoms with Gasteiger partial charge >= 0.3 is 0 Å². The van der Waals surface area contributed by atoms with Crippen molar-refractivity contribution in [1.29, 1.82) is 0 Å². The molecule has 1 aromatic rings. The fourth-order valence-electron chi connectivity index (χ4n) is 1.32. The summed E-state index contributed by atoms with van der Waals surface area (Å²) >= 11 is 0. The lowest BCUT2D eigenvalue weighted by atomic mass is 10.00. The molecule has 0 aliphatic heterocycles. The summed E-state index contributed by atoms with van der Waals surface area (Å²) in [6, 6.07) is 5.98. The topological polar surface area (TPSA) is 12.4 Å². The van der Waals surface area contributed by atoms with Crippen molar-refractivity contribution >= 4 is 24.1 Å². The maximum Gasteiger partial charge on any atom is 0.0628 e. The average Bonchev–Trinajstić information content (AvgIpc) is 2.27. The van der Waals surface area contributed by atoms with Crippen LogP contribution in [0.25, 0.3) is 11.6 Å². The van der Waals surface area contributed by atoms with Gasteiger partial charge in [-0.3, -0.25) is 4.99 Å². The molecule has 0 heterocycles. The van der Waals surface area contributed by atoms with E-state index in [-0.39, 0.29) is 0 Å². The Morgan fingerprint density at radius 2 is 2.14 bits per heavy atom. The van der Waals surface area contributed by atoms with Crippen molar-refractivity contribution in [2.24, 2.45) is 4.99 Å². The van der Waals surface area contributed by atoms with E-state index < -0.39 is 0 Å². The van der Waals surface area contributed by atoms with Crippen LogP contribution < -0.4 is 0 Å². The summed E-state index contributed by atoms with van der Waals surface area (Å²) in [5.41, 5.74) is 4.43. The third-order valence-electron chi connectivity index (χ3n) is 2.30. The van der Waals surface area contributed by atoms with Crippen LogP contribution in [0.1, 0.15) is 25.0 Å². The second kappa shape index (κ2) is 4.56. The van der Waals surface area contributed by atoms with Crippen LogP contribution in [-0.4, -0.2) is 6.72 Å². The maximum atomic E-state index is 3.91. The molecule has 0 bridgehead atoms. The summed E-state index contributed by atoms with van der Waals surface area (Å²) in [6.07, 6.45) is 3.93. The standard InChI is InChI=1S/C13H15N/c1-5-10(3)13-9-12(14-4)8-7-11(13)6-2/h5-9H,2,4H2,1,3H3/b10-5+. The molecule has 1 heteroatoms. The first-order valence-electron chi connectivity index (χ1n) is 4.59. The van der Waals surface area contributed by atoms with E-state index in [0.717, 1.165) is 11.3 Å². The monoisotopic (exact) mass is 185 g/mol. The zero-order valence-electron chi connectivity index (χ0n) is 8.75. The predicted molar refractivity (Wildman–Crippen MR) is 65.1 cm³/mol. The minimum Gasteiger partial charge on any atom is -0.265 e. The second-order valence-electron chi connectivity index (χ2n) is 3.11. The largest absolute Gasteiger partial charge is 0.265 e. The Bertz CT molecular complexity index is 386. The smallest absolute Gasteiger partial charge is 0.0628 e. The SMILES string of the molecule is C=Cc1ccc(N=C)cc1/C(C)=C/C. The highest BCUT2D eigenvalue weighted by Gasteiger charge is 2.01. The molecule has 0 amide bonds. The van der Waals surface area contributed by atoms with Gasteiger partial charge in [0.2, 0.25) is 0 Å². The molecule has 0 unspecified atom stereocenters. The van der Waals surface area contributed by atoms with Gasteiger partial charge in [-0.05, 0) is 49.4 Å². The van der Waals surface area contributed by atoms with E-state index >= 15 is 0 Å². The molecule has 1 nitrogen and oxygen atoms in total. The fourth-order valence-corrected chi connectivity index (χ4v) is 1.32. The minimum atomic E-state index is 0.895. The van der Waals surface area contributed by atoms with Crippen molar-refractivity contribution in [1.82, 2.24) is 0 Å². The van der Waals surface area contributed by atoms with Crippen LogP contribution >= 0.6 is 0 Å². The van der Waals surface area contributed by atoms with Gasteiger partial charge in [-0.15, -0.1) is 0 Å². The normalized spacial score (nSPS) is 11.1. The molecule has 0 saturated carbocycles. The Labute approximate surface area is 85.5 Å². The Balaban J connectivity index is 3.35. The van der Waals surface area contributed by atoms with Crippen molar-refractivity contribution in [2.45, 2.75) is 13.8 Å². The van der Waals surface area contributed by atoms with Gasteiger partial charge in [0, 0.05) is 0 Å². The van der Waals surface area contributed by atoms with Crippen LogP contribution in [-0.2, 0) is 0 Å². The number of nitrogens with zero attached hydrogens (tertiary/aromatic N) is 1. The molecule has 0 aromatic heterocycles. The average molecular weight is 185 g/mol. The van der Waals surface area contributed by atoms with Gasteiger partial charge < -0.3 is 0 Å². The van der Waals surface area contributed by atoms with Crippen molar-refractivity contribution in [3.63, 3.8) is 0 Å². The molecule has 0 aliphatic carbocycles. The lowest BCUT2D eigenvalue weighted by Gasteiger charge is -2.07. The molecule has 0 saturated heterocycles. The van der Waals surface area contributed by atoms with Crippen LogP contribution in [0.5, 0.6) is 0 Å². The predicted octanol–water partition coefficient (Wildman–Crippen LogP) is 4.08. The minimum absolute atomic E-state index is 0.895. The third kappa shape index (κ3) is 1.99. The summed E-state index contributed by atoms with van der Waals surface area (Å²) in [4.78, 5) is 3.91. The van der Waals surface area contributed by atoms with E-state index in [0.29, 0.717) is 0 Å². The lowest BCUT2D eigenvalue weighted by molar-refractivity contribution is 1.47. The van der Waals surface area contributed by atoms with E-state index in [2.05, 4.69) is 31.3 Å². The Morgan fingerprint density at radius 3 is 2.64 bits per heavy atom. The highest BCUT2D eigenvalue weighted by Crippen LogP contribution is 2.24. The Morgan fingerprint density at radius 1 is 1.43 bits per heavy atom. The Kier molecular flexibility index (Phi) is 3.41. The van der Waals surface area contributed by atoms with E-state index in [4.69, 9.17) is 0 Å². The summed E-state index contributed by atoms with van der Waals surface area (Å²) in [6.45, 7) is 11.4. The first kappa shape index (κ1) is 10.5. The number of rotatable bonds is 3. The van der Waals surface area contributed by atoms with E-state index in [9.17, 15) is 0 Å². The number of hydrogen-bond donors (Lipinski definition) is 0. The van der Waals surface area contributed by atoms with E-state index in [1.54, 1.807) is 0 Å². The first-order valence-corrected chi connectivity index (χ1v) is 4.59. The summed E-state index contributed by atoms with van der Waals surface area (Å²) < 4.78 is 0. The quantitative estimate of drug-likeness (QED) is 0.629. The third-order valence-corrected chi connectivity index (χ3v) is 2.30. The molecular weight excluding hydrogens is 170 g/mol. The molecule has 0 fully saturated rings. The van der Waals surface area contributed by atoms with Crippen molar-refractivity contribution in [3.05, 3.63) is 42.0 Å². The number of benzene rings is 1. The van der Waals surface area contributed by atoms with Crippen LogP contribution in [0.15, 0.2) is 35.8 Å². The molecular formula is C13H15N. The zero-order chi connectivity index (χ0) is 10.6. The van der Waals surface area contributed by atoms with Crippen molar-refractivity contribution in [3.8, 4) is 0 Å². The van der Waals surface area contributed by atoms with Gasteiger partial charge in [0.1, 0.15) is 0 Å². The van der Waals surface area contributed by atoms with Gasteiger partial charge in [0.15, 0.2) is 0 Å². The molecule has 0 spiro atoms. The molecule has 0 N–H and O–H groups in total. The van der Waals surface area contributed by atoms with Crippen LogP contribution in [0.2, 0.25) is 0 Å². The summed E-state index contributed by atoms with van der Waals surface area (Å²) in [5, 5.41) is 0. The Hall–Kier alpha value is -1.63. The molecule has 72 valence electrons. The summed E-state index contributed by atoms with van der Waals surface area (Å²) in [7, 11) is 0. The lowest BCUT2D eigenvalue weighted by Crippen LogP contribution is -1.84. The molecule has 0 radical (unpaired) electrons. The van der Waals surface area contributed by atoms with Gasteiger partial charge in [0.05, 0.1) is 5.69 Å². The van der Waals surface area contributed by atoms with Gasteiger partial charge in [-0.25, -0.2) is 0 Å². The number of allylic oxidation sites excluding steroid dienone is 2. The van der Waals surface area contributed by atoms with Crippen molar-refractivity contribution in [2.75, 3.05) is 0 Å². The summed E-state index contributed by atoms with van der Waals surface area (Å²) in [5.74, 6) is 0. The molecule has 1 rings (SSSR count). The fraction of sp³-hybridized carbons (Fsp3) is 0.154. The molecule has 0 aliphatic rings. The molecule has 0 atom stereocenters. The van der Waals surface area contributed by atoms with Crippen LogP contribution in [0, 0.1) is 0 Å². The first-order chi connectivity index (χ1) is 6.72. The molecule has 1 aromatic carbocycles. The van der Waals surface area contributed by atoms with E-state index in [1.807, 2.05) is 31.2 Å². The van der Waals surface area contributed by atoms with Crippen molar-refractivity contribution < 1.29 is 0 Å². The highest BCUT2D eigenvalue weighted by molar-refractivity contribution is 5.75. The number of hydrogen-bond acceptors (Lipinski definition) is 1. The number of aliphatic imine (C=N–C) groups is 1. The molecule has 14 heavy (non-hydrogen) atoms. The van der Waals surface area contributed by atoms with Crippen LogP contribution in [0.3, 0.4) is 0 Å². The second-order valence-corrected chi connectivity index (χ2v) is 3.11. The maximum absolute atomic E-state index is 3.91. The zero-order valence-corrected chi connectivity index (χ0v) is 8.75. The van der Waals surface area contributed by atoms with Crippen LogP contribution in [0.4, 0.5) is 5.69 Å².